The molecular weight excluding hydrogens is 397 g/mol. The van der Waals surface area contributed by atoms with Crippen LogP contribution in [0.15, 0.2) is 46.9 Å². The van der Waals surface area contributed by atoms with Crippen LogP contribution in [0.5, 0.6) is 0 Å². The number of para-hydroxylation sites is 1. The van der Waals surface area contributed by atoms with Crippen molar-refractivity contribution >= 4 is 22.9 Å². The highest BCUT2D eigenvalue weighted by Gasteiger charge is 2.35. The number of hydrogen-bond acceptors (Lipinski definition) is 4. The highest BCUT2D eigenvalue weighted by molar-refractivity contribution is 5.94. The molecule has 31 heavy (non-hydrogen) atoms. The monoisotopic (exact) mass is 421 g/mol. The smallest absolute Gasteiger partial charge is 0.253 e. The van der Waals surface area contributed by atoms with Crippen LogP contribution in [-0.4, -0.2) is 40.8 Å². The second kappa shape index (κ2) is 7.80. The van der Waals surface area contributed by atoms with Gasteiger partial charge in [0.1, 0.15) is 5.52 Å². The number of nitrogens with one attached hydrogen (secondary N) is 1. The highest BCUT2D eigenvalue weighted by Crippen LogP contribution is 2.31. The van der Waals surface area contributed by atoms with Crippen LogP contribution in [0.25, 0.3) is 22.6 Å². The van der Waals surface area contributed by atoms with Gasteiger partial charge in [-0.3, -0.25) is 9.59 Å². The Hall–Kier alpha value is -3.22. The van der Waals surface area contributed by atoms with Gasteiger partial charge in [0.25, 0.3) is 5.91 Å². The molecule has 6 nitrogen and oxygen atoms in total. The predicted molar refractivity (Wildman–Crippen MR) is 114 cm³/mol. The molecule has 2 aromatic carbocycles. The minimum atomic E-state index is -0.451. The molecule has 1 aromatic heterocycles. The normalized spacial score (nSPS) is 20.7. The average molecular weight is 421 g/mol. The van der Waals surface area contributed by atoms with E-state index in [2.05, 4.69) is 10.3 Å². The molecule has 5 rings (SSSR count). The summed E-state index contributed by atoms with van der Waals surface area (Å²) < 4.78 is 19.4. The number of rotatable bonds is 5. The maximum atomic E-state index is 13.9. The number of aromatic nitrogens is 1. The molecule has 0 spiro atoms. The Balaban J connectivity index is 1.25. The first-order chi connectivity index (χ1) is 15.0. The second-order valence-corrected chi connectivity index (χ2v) is 8.55. The SMILES string of the molecule is CN(C(=O)c1ccc(-c2nc3cccc(F)c3o2)cc1)[C@@H]1CC[C@H](NC(=O)C2CC2)C1. The molecule has 2 aliphatic rings. The van der Waals surface area contributed by atoms with Crippen LogP contribution >= 0.6 is 0 Å². The molecule has 0 aliphatic heterocycles. The van der Waals surface area contributed by atoms with Crippen LogP contribution in [0.3, 0.4) is 0 Å². The first-order valence-corrected chi connectivity index (χ1v) is 10.7. The molecule has 2 amide bonds. The number of carbonyl (C=O) groups is 2. The van der Waals surface area contributed by atoms with Crippen LogP contribution < -0.4 is 5.32 Å². The fourth-order valence-electron chi connectivity index (χ4n) is 4.27. The van der Waals surface area contributed by atoms with E-state index in [4.69, 9.17) is 4.42 Å². The molecule has 0 radical (unpaired) electrons. The lowest BCUT2D eigenvalue weighted by molar-refractivity contribution is -0.122. The van der Waals surface area contributed by atoms with Crippen molar-refractivity contribution in [2.75, 3.05) is 7.05 Å². The van der Waals surface area contributed by atoms with Gasteiger partial charge in [0.05, 0.1) is 0 Å². The Morgan fingerprint density at radius 2 is 1.87 bits per heavy atom. The minimum absolute atomic E-state index is 0.0608. The molecule has 0 unspecified atom stereocenters. The quantitative estimate of drug-likeness (QED) is 0.671. The van der Waals surface area contributed by atoms with Gasteiger partial charge in [-0.1, -0.05) is 6.07 Å². The second-order valence-electron chi connectivity index (χ2n) is 8.55. The Labute approximate surface area is 179 Å². The number of halogens is 1. The molecule has 160 valence electrons. The van der Waals surface area contributed by atoms with Crippen molar-refractivity contribution < 1.29 is 18.4 Å². The molecule has 2 aliphatic carbocycles. The van der Waals surface area contributed by atoms with Crippen LogP contribution in [0, 0.1) is 11.7 Å². The Morgan fingerprint density at radius 3 is 2.58 bits per heavy atom. The average Bonchev–Trinajstić information content (AvgIpc) is 3.38. The fraction of sp³-hybridized carbons (Fsp3) is 0.375. The topological polar surface area (TPSA) is 75.4 Å². The first kappa shape index (κ1) is 19.7. The predicted octanol–water partition coefficient (Wildman–Crippen LogP) is 4.15. The van der Waals surface area contributed by atoms with Gasteiger partial charge in [-0.05, 0) is 68.5 Å². The molecule has 0 saturated heterocycles. The Kier molecular flexibility index (Phi) is 4.96. The standard InChI is InChI=1S/C24H24FN3O3/c1-28(18-12-11-17(13-18)26-22(29)14-5-6-14)24(30)16-9-7-15(8-10-16)23-27-20-4-2-3-19(25)21(20)31-23/h2-4,7-10,14,17-18H,5-6,11-13H2,1H3,(H,26,29)/t17-,18+/m0/s1. The van der Waals surface area contributed by atoms with E-state index < -0.39 is 5.82 Å². The van der Waals surface area contributed by atoms with Crippen molar-refractivity contribution in [3.05, 3.63) is 53.8 Å². The van der Waals surface area contributed by atoms with E-state index in [1.54, 1.807) is 41.3 Å². The van der Waals surface area contributed by atoms with Crippen molar-refractivity contribution in [1.82, 2.24) is 15.2 Å². The van der Waals surface area contributed by atoms with Crippen molar-refractivity contribution in [1.29, 1.82) is 0 Å². The van der Waals surface area contributed by atoms with Crippen LogP contribution in [-0.2, 0) is 4.79 Å². The van der Waals surface area contributed by atoms with Crippen molar-refractivity contribution in [3.8, 4) is 11.5 Å². The lowest BCUT2D eigenvalue weighted by Gasteiger charge is -2.25. The van der Waals surface area contributed by atoms with E-state index in [0.29, 0.717) is 22.5 Å². The number of benzene rings is 2. The summed E-state index contributed by atoms with van der Waals surface area (Å²) in [4.78, 5) is 31.1. The van der Waals surface area contributed by atoms with Gasteiger partial charge in [-0.2, -0.15) is 0 Å². The van der Waals surface area contributed by atoms with E-state index in [-0.39, 0.29) is 35.4 Å². The van der Waals surface area contributed by atoms with E-state index >= 15 is 0 Å². The van der Waals surface area contributed by atoms with Crippen molar-refractivity contribution in [2.24, 2.45) is 5.92 Å². The zero-order valence-corrected chi connectivity index (χ0v) is 17.3. The molecule has 0 bridgehead atoms. The Bertz CT molecular complexity index is 1140. The number of carbonyl (C=O) groups excluding carboxylic acids is 2. The highest BCUT2D eigenvalue weighted by atomic mass is 19.1. The van der Waals surface area contributed by atoms with Gasteiger partial charge in [-0.15, -0.1) is 0 Å². The number of nitrogens with zero attached hydrogens (tertiary/aromatic N) is 2. The molecule has 7 heteroatoms. The zero-order valence-electron chi connectivity index (χ0n) is 17.3. The van der Waals surface area contributed by atoms with Crippen LogP contribution in [0.4, 0.5) is 4.39 Å². The summed E-state index contributed by atoms with van der Waals surface area (Å²) in [5.74, 6) is 0.170. The van der Waals surface area contributed by atoms with E-state index in [1.807, 2.05) is 7.05 Å². The third kappa shape index (κ3) is 3.92. The molecular formula is C24H24FN3O3. The summed E-state index contributed by atoms with van der Waals surface area (Å²) in [5.41, 5.74) is 1.83. The van der Waals surface area contributed by atoms with Crippen molar-refractivity contribution in [3.63, 3.8) is 0 Å². The molecule has 2 atom stereocenters. The molecule has 1 heterocycles. The van der Waals surface area contributed by atoms with Crippen LogP contribution in [0.1, 0.15) is 42.5 Å². The van der Waals surface area contributed by atoms with Gasteiger partial charge < -0.3 is 14.6 Å². The van der Waals surface area contributed by atoms with E-state index in [9.17, 15) is 14.0 Å². The summed E-state index contributed by atoms with van der Waals surface area (Å²) in [6.45, 7) is 0. The molecule has 2 saturated carbocycles. The number of amides is 2. The molecule has 2 fully saturated rings. The number of fused-ring (bicyclic) bond motifs is 1. The maximum absolute atomic E-state index is 13.9. The third-order valence-electron chi connectivity index (χ3n) is 6.31. The zero-order chi connectivity index (χ0) is 21.5. The molecule has 1 N–H and O–H groups in total. The lowest BCUT2D eigenvalue weighted by atomic mass is 10.1. The maximum Gasteiger partial charge on any atom is 0.253 e. The van der Waals surface area contributed by atoms with Crippen molar-refractivity contribution in [2.45, 2.75) is 44.2 Å². The van der Waals surface area contributed by atoms with Gasteiger partial charge in [0, 0.05) is 36.2 Å². The minimum Gasteiger partial charge on any atom is -0.433 e. The first-order valence-electron chi connectivity index (χ1n) is 10.7. The lowest BCUT2D eigenvalue weighted by Crippen LogP contribution is -2.38. The molecule has 3 aromatic rings. The van der Waals surface area contributed by atoms with Gasteiger partial charge in [0.15, 0.2) is 11.4 Å². The van der Waals surface area contributed by atoms with Gasteiger partial charge in [-0.25, -0.2) is 9.37 Å². The summed E-state index contributed by atoms with van der Waals surface area (Å²) >= 11 is 0. The van der Waals surface area contributed by atoms with Crippen LogP contribution in [0.2, 0.25) is 0 Å². The number of hydrogen-bond donors (Lipinski definition) is 1. The van der Waals surface area contributed by atoms with E-state index in [0.717, 1.165) is 32.1 Å². The third-order valence-corrected chi connectivity index (χ3v) is 6.31. The van der Waals surface area contributed by atoms with E-state index in [1.165, 1.54) is 6.07 Å². The summed E-state index contributed by atoms with van der Waals surface area (Å²) in [7, 11) is 1.82. The summed E-state index contributed by atoms with van der Waals surface area (Å²) in [5, 5.41) is 3.12. The fourth-order valence-corrected chi connectivity index (χ4v) is 4.27. The van der Waals surface area contributed by atoms with Gasteiger partial charge in [0.2, 0.25) is 11.8 Å². The summed E-state index contributed by atoms with van der Waals surface area (Å²) in [6, 6.07) is 11.9. The number of oxazole rings is 1. The largest absolute Gasteiger partial charge is 0.433 e. The summed E-state index contributed by atoms with van der Waals surface area (Å²) in [6.07, 6.45) is 4.55. The Morgan fingerprint density at radius 1 is 1.10 bits per heavy atom. The van der Waals surface area contributed by atoms with Gasteiger partial charge >= 0.3 is 0 Å².